The molecule has 0 saturated heterocycles. The summed E-state index contributed by atoms with van der Waals surface area (Å²) in [4.78, 5) is 10.8. The number of nitrogens with one attached hydrogen (secondary N) is 1. The molecule has 110 valence electrons. The molecule has 0 heterocycles. The first-order chi connectivity index (χ1) is 9.31. The highest BCUT2D eigenvalue weighted by atomic mass is 16.6. The number of hydrogen-bond acceptors (Lipinski definition) is 3. The molecule has 1 atom stereocenters. The van der Waals surface area contributed by atoms with Crippen molar-refractivity contribution in [2.24, 2.45) is 5.41 Å². The van der Waals surface area contributed by atoms with Gasteiger partial charge in [0.15, 0.2) is 0 Å². The van der Waals surface area contributed by atoms with Crippen molar-refractivity contribution in [3.63, 3.8) is 0 Å². The lowest BCUT2D eigenvalue weighted by molar-refractivity contribution is -0.385. The molecule has 4 nitrogen and oxygen atoms in total. The fourth-order valence-corrected chi connectivity index (χ4v) is 3.14. The molecule has 2 rings (SSSR count). The number of rotatable bonds is 3. The van der Waals surface area contributed by atoms with Crippen molar-refractivity contribution in [2.45, 2.75) is 59.4 Å². The quantitative estimate of drug-likeness (QED) is 0.648. The second kappa shape index (κ2) is 5.43. The zero-order valence-corrected chi connectivity index (χ0v) is 12.8. The molecule has 1 aliphatic carbocycles. The van der Waals surface area contributed by atoms with Gasteiger partial charge in [-0.3, -0.25) is 10.1 Å². The summed E-state index contributed by atoms with van der Waals surface area (Å²) < 4.78 is 0. The number of hydrogen-bond donors (Lipinski definition) is 1. The lowest BCUT2D eigenvalue weighted by atomic mass is 9.73. The topological polar surface area (TPSA) is 55.2 Å². The third-order valence-corrected chi connectivity index (χ3v) is 4.58. The molecule has 1 fully saturated rings. The first-order valence-electron chi connectivity index (χ1n) is 7.33. The first kappa shape index (κ1) is 14.8. The molecule has 0 aromatic heterocycles. The van der Waals surface area contributed by atoms with Crippen LogP contribution in [-0.4, -0.2) is 11.0 Å². The van der Waals surface area contributed by atoms with E-state index in [1.165, 1.54) is 19.3 Å². The number of anilines is 1. The van der Waals surface area contributed by atoms with E-state index in [0.29, 0.717) is 6.04 Å². The van der Waals surface area contributed by atoms with Crippen molar-refractivity contribution in [2.75, 3.05) is 5.32 Å². The van der Waals surface area contributed by atoms with Crippen molar-refractivity contribution < 1.29 is 4.92 Å². The summed E-state index contributed by atoms with van der Waals surface area (Å²) in [5, 5.41) is 14.6. The van der Waals surface area contributed by atoms with Gasteiger partial charge in [0.05, 0.1) is 4.92 Å². The normalized spacial score (nSPS) is 21.5. The highest BCUT2D eigenvalue weighted by Crippen LogP contribution is 2.38. The number of aryl methyl sites for hydroxylation is 2. The van der Waals surface area contributed by atoms with E-state index in [1.54, 1.807) is 13.0 Å². The van der Waals surface area contributed by atoms with E-state index in [1.807, 2.05) is 13.0 Å². The minimum absolute atomic E-state index is 0.201. The standard InChI is InChI=1S/C16H24N2O2/c1-11-9-12(2)14(18(19)20)10-13(11)17-15-7-5-6-8-16(15,3)4/h9-10,15,17H,5-8H2,1-4H3. The Balaban J connectivity index is 2.29. The number of nitro groups is 1. The van der Waals surface area contributed by atoms with Crippen LogP contribution < -0.4 is 5.32 Å². The molecule has 20 heavy (non-hydrogen) atoms. The summed E-state index contributed by atoms with van der Waals surface area (Å²) in [5.41, 5.74) is 3.15. The number of nitro benzene ring substituents is 1. The van der Waals surface area contributed by atoms with E-state index in [-0.39, 0.29) is 16.0 Å². The van der Waals surface area contributed by atoms with Crippen molar-refractivity contribution >= 4 is 11.4 Å². The van der Waals surface area contributed by atoms with E-state index in [0.717, 1.165) is 23.2 Å². The second-order valence-corrected chi connectivity index (χ2v) is 6.64. The zero-order valence-electron chi connectivity index (χ0n) is 12.8. The summed E-state index contributed by atoms with van der Waals surface area (Å²) in [5.74, 6) is 0. The van der Waals surface area contributed by atoms with E-state index < -0.39 is 0 Å². The van der Waals surface area contributed by atoms with Crippen LogP contribution in [0.15, 0.2) is 12.1 Å². The summed E-state index contributed by atoms with van der Waals surface area (Å²) in [7, 11) is 0. The van der Waals surface area contributed by atoms with Gasteiger partial charge in [0.1, 0.15) is 0 Å². The fraction of sp³-hybridized carbons (Fsp3) is 0.625. The minimum Gasteiger partial charge on any atom is -0.381 e. The molecular weight excluding hydrogens is 252 g/mol. The van der Waals surface area contributed by atoms with Crippen molar-refractivity contribution in [1.82, 2.24) is 0 Å². The highest BCUT2D eigenvalue weighted by Gasteiger charge is 2.32. The summed E-state index contributed by atoms with van der Waals surface area (Å²) in [6.45, 7) is 8.36. The Labute approximate surface area is 120 Å². The van der Waals surface area contributed by atoms with Crippen LogP contribution in [0, 0.1) is 29.4 Å². The molecule has 4 heteroatoms. The predicted octanol–water partition coefficient (Wildman–Crippen LogP) is 4.59. The summed E-state index contributed by atoms with van der Waals surface area (Å²) in [6, 6.07) is 3.98. The third kappa shape index (κ3) is 2.94. The SMILES string of the molecule is Cc1cc(C)c([N+](=O)[O-])cc1NC1CCCCC1(C)C. The molecule has 1 unspecified atom stereocenters. The maximum Gasteiger partial charge on any atom is 0.274 e. The molecule has 0 bridgehead atoms. The average Bonchev–Trinajstić information content (AvgIpc) is 2.34. The van der Waals surface area contributed by atoms with Crippen molar-refractivity contribution in [3.8, 4) is 0 Å². The van der Waals surface area contributed by atoms with Gasteiger partial charge in [0.25, 0.3) is 5.69 Å². The lowest BCUT2D eigenvalue weighted by Gasteiger charge is -2.40. The van der Waals surface area contributed by atoms with Crippen LogP contribution in [-0.2, 0) is 0 Å². The Hall–Kier alpha value is -1.58. The molecule has 0 spiro atoms. The van der Waals surface area contributed by atoms with Gasteiger partial charge in [-0.2, -0.15) is 0 Å². The minimum atomic E-state index is -0.300. The van der Waals surface area contributed by atoms with Gasteiger partial charge < -0.3 is 5.32 Å². The van der Waals surface area contributed by atoms with Gasteiger partial charge in [0, 0.05) is 23.4 Å². The van der Waals surface area contributed by atoms with Crippen LogP contribution >= 0.6 is 0 Å². The van der Waals surface area contributed by atoms with Gasteiger partial charge in [0.2, 0.25) is 0 Å². The van der Waals surface area contributed by atoms with Crippen molar-refractivity contribution in [3.05, 3.63) is 33.4 Å². The van der Waals surface area contributed by atoms with Crippen LogP contribution in [0.4, 0.5) is 11.4 Å². The monoisotopic (exact) mass is 276 g/mol. The Kier molecular flexibility index (Phi) is 4.02. The molecule has 1 saturated carbocycles. The van der Waals surface area contributed by atoms with Crippen LogP contribution in [0.3, 0.4) is 0 Å². The van der Waals surface area contributed by atoms with Gasteiger partial charge in [-0.25, -0.2) is 0 Å². The average molecular weight is 276 g/mol. The van der Waals surface area contributed by atoms with Crippen LogP contribution in [0.25, 0.3) is 0 Å². The Bertz CT molecular complexity index is 523. The Morgan fingerprint density at radius 1 is 1.25 bits per heavy atom. The van der Waals surface area contributed by atoms with E-state index in [9.17, 15) is 10.1 Å². The summed E-state index contributed by atoms with van der Waals surface area (Å²) >= 11 is 0. The van der Waals surface area contributed by atoms with Crippen molar-refractivity contribution in [1.29, 1.82) is 0 Å². The highest BCUT2D eigenvalue weighted by molar-refractivity contribution is 5.60. The van der Waals surface area contributed by atoms with Gasteiger partial charge >= 0.3 is 0 Å². The largest absolute Gasteiger partial charge is 0.381 e. The molecule has 1 N–H and O–H groups in total. The first-order valence-corrected chi connectivity index (χ1v) is 7.33. The Morgan fingerprint density at radius 2 is 1.95 bits per heavy atom. The molecular formula is C16H24N2O2. The molecule has 1 aliphatic rings. The summed E-state index contributed by atoms with van der Waals surface area (Å²) in [6.07, 6.45) is 4.85. The van der Waals surface area contributed by atoms with Gasteiger partial charge in [-0.05, 0) is 43.7 Å². The van der Waals surface area contributed by atoms with Gasteiger partial charge in [-0.15, -0.1) is 0 Å². The van der Waals surface area contributed by atoms with E-state index in [2.05, 4.69) is 19.2 Å². The maximum atomic E-state index is 11.1. The van der Waals surface area contributed by atoms with Crippen LogP contribution in [0.1, 0.15) is 50.7 Å². The van der Waals surface area contributed by atoms with Gasteiger partial charge in [-0.1, -0.05) is 26.7 Å². The molecule has 0 aliphatic heterocycles. The predicted molar refractivity (Wildman–Crippen MR) is 82.2 cm³/mol. The third-order valence-electron chi connectivity index (χ3n) is 4.58. The lowest BCUT2D eigenvalue weighted by Crippen LogP contribution is -2.39. The smallest absolute Gasteiger partial charge is 0.274 e. The van der Waals surface area contributed by atoms with Crippen LogP contribution in [0.5, 0.6) is 0 Å². The molecule has 1 aromatic carbocycles. The number of benzene rings is 1. The Morgan fingerprint density at radius 3 is 2.55 bits per heavy atom. The maximum absolute atomic E-state index is 11.1. The van der Waals surface area contributed by atoms with Crippen LogP contribution in [0.2, 0.25) is 0 Å². The fourth-order valence-electron chi connectivity index (χ4n) is 3.14. The molecule has 1 aromatic rings. The molecule has 0 amide bonds. The zero-order chi connectivity index (χ0) is 14.9. The molecule has 0 radical (unpaired) electrons. The van der Waals surface area contributed by atoms with E-state index in [4.69, 9.17) is 0 Å². The second-order valence-electron chi connectivity index (χ2n) is 6.64. The number of nitrogens with zero attached hydrogens (tertiary/aromatic N) is 1. The van der Waals surface area contributed by atoms with E-state index >= 15 is 0 Å².